The van der Waals surface area contributed by atoms with Gasteiger partial charge in [0.2, 0.25) is 0 Å². The van der Waals surface area contributed by atoms with E-state index in [1.165, 1.54) is 21.2 Å². The summed E-state index contributed by atoms with van der Waals surface area (Å²) < 4.78 is 5.45. The molecule has 0 aliphatic carbocycles. The highest BCUT2D eigenvalue weighted by Gasteiger charge is 2.26. The van der Waals surface area contributed by atoms with Crippen LogP contribution < -0.4 is 9.91 Å². The number of hydrazone groups is 1. The molecule has 0 spiro atoms. The molecule has 6 rings (SSSR count). The summed E-state index contributed by atoms with van der Waals surface area (Å²) in [6, 6.07) is 35.9. The molecule has 1 fully saturated rings. The molecule has 0 N–H and O–H groups in total. The average Bonchev–Trinajstić information content (AvgIpc) is 3.70. The molecule has 0 bridgehead atoms. The van der Waals surface area contributed by atoms with Crippen LogP contribution in [0, 0.1) is 0 Å². The Morgan fingerprint density at radius 3 is 2.33 bits per heavy atom. The number of para-hydroxylation sites is 3. The number of benzene rings is 4. The SMILES string of the molecule is C(=N\N(CC1CO1)c1ccccc1)/c1ccc2c(c1)Sc1ccccc1N2c1ccccc1. The average molecular weight is 450 g/mol. The van der Waals surface area contributed by atoms with E-state index in [4.69, 9.17) is 9.84 Å². The molecule has 5 heteroatoms. The predicted molar refractivity (Wildman–Crippen MR) is 136 cm³/mol. The van der Waals surface area contributed by atoms with Crippen LogP contribution in [0.5, 0.6) is 0 Å². The molecular weight excluding hydrogens is 426 g/mol. The molecule has 1 unspecified atom stereocenters. The Morgan fingerprint density at radius 2 is 1.55 bits per heavy atom. The molecule has 0 saturated carbocycles. The Morgan fingerprint density at radius 1 is 0.848 bits per heavy atom. The smallest absolute Gasteiger partial charge is 0.101 e. The van der Waals surface area contributed by atoms with Gasteiger partial charge in [-0.25, -0.2) is 0 Å². The van der Waals surface area contributed by atoms with Gasteiger partial charge in [-0.3, -0.25) is 5.01 Å². The van der Waals surface area contributed by atoms with E-state index >= 15 is 0 Å². The van der Waals surface area contributed by atoms with E-state index in [1.54, 1.807) is 0 Å². The molecular formula is C28H23N3OS. The van der Waals surface area contributed by atoms with E-state index in [2.05, 4.69) is 89.8 Å². The minimum Gasteiger partial charge on any atom is -0.371 e. The topological polar surface area (TPSA) is 31.4 Å². The van der Waals surface area contributed by atoms with Crippen molar-refractivity contribution in [3.05, 3.63) is 109 Å². The lowest BCUT2D eigenvalue weighted by Gasteiger charge is -2.33. The Balaban J connectivity index is 1.34. The van der Waals surface area contributed by atoms with Crippen molar-refractivity contribution in [2.75, 3.05) is 23.1 Å². The molecule has 2 aliphatic rings. The van der Waals surface area contributed by atoms with E-state index in [1.807, 2.05) is 41.2 Å². The number of hydrogen-bond acceptors (Lipinski definition) is 5. The molecule has 1 atom stereocenters. The monoisotopic (exact) mass is 449 g/mol. The Hall–Kier alpha value is -3.54. The van der Waals surface area contributed by atoms with Gasteiger partial charge in [-0.15, -0.1) is 0 Å². The number of fused-ring (bicyclic) bond motifs is 2. The maximum Gasteiger partial charge on any atom is 0.101 e. The van der Waals surface area contributed by atoms with Crippen molar-refractivity contribution in [1.82, 2.24) is 0 Å². The molecule has 0 aromatic heterocycles. The number of anilines is 4. The molecule has 0 amide bonds. The Labute approximate surface area is 198 Å². The van der Waals surface area contributed by atoms with Crippen molar-refractivity contribution in [3.63, 3.8) is 0 Å². The van der Waals surface area contributed by atoms with Crippen molar-refractivity contribution < 1.29 is 4.74 Å². The molecule has 0 radical (unpaired) electrons. The number of hydrogen-bond donors (Lipinski definition) is 0. The first kappa shape index (κ1) is 20.1. The van der Waals surface area contributed by atoms with Crippen LogP contribution in [-0.2, 0) is 4.74 Å². The molecule has 33 heavy (non-hydrogen) atoms. The molecule has 1 saturated heterocycles. The van der Waals surface area contributed by atoms with Gasteiger partial charge in [-0.2, -0.15) is 5.10 Å². The third-order valence-corrected chi connectivity index (χ3v) is 6.86. The maximum absolute atomic E-state index is 5.45. The lowest BCUT2D eigenvalue weighted by molar-refractivity contribution is 0.408. The second-order valence-corrected chi connectivity index (χ2v) is 9.17. The van der Waals surface area contributed by atoms with E-state index in [0.29, 0.717) is 0 Å². The van der Waals surface area contributed by atoms with E-state index in [0.717, 1.165) is 30.1 Å². The largest absolute Gasteiger partial charge is 0.371 e. The van der Waals surface area contributed by atoms with Gasteiger partial charge in [-0.1, -0.05) is 66.4 Å². The number of ether oxygens (including phenoxy) is 1. The maximum atomic E-state index is 5.45. The lowest BCUT2D eigenvalue weighted by atomic mass is 10.1. The molecule has 2 aliphatic heterocycles. The summed E-state index contributed by atoms with van der Waals surface area (Å²) >= 11 is 1.81. The van der Waals surface area contributed by atoms with Gasteiger partial charge in [0.15, 0.2) is 0 Å². The minimum absolute atomic E-state index is 0.261. The normalized spacial score (nSPS) is 16.4. The molecule has 4 aromatic carbocycles. The summed E-state index contributed by atoms with van der Waals surface area (Å²) in [5.74, 6) is 0. The first-order chi connectivity index (χ1) is 16.3. The highest BCUT2D eigenvalue weighted by molar-refractivity contribution is 7.99. The third kappa shape index (κ3) is 4.25. The molecule has 4 nitrogen and oxygen atoms in total. The van der Waals surface area contributed by atoms with Crippen LogP contribution in [-0.4, -0.2) is 25.5 Å². The van der Waals surface area contributed by atoms with Crippen LogP contribution in [0.3, 0.4) is 0 Å². The second kappa shape index (κ2) is 8.77. The van der Waals surface area contributed by atoms with Crippen LogP contribution >= 0.6 is 11.8 Å². The van der Waals surface area contributed by atoms with Gasteiger partial charge in [0, 0.05) is 15.5 Å². The highest BCUT2D eigenvalue weighted by Crippen LogP contribution is 2.51. The third-order valence-electron chi connectivity index (χ3n) is 5.74. The molecule has 4 aromatic rings. The summed E-state index contributed by atoms with van der Waals surface area (Å²) in [4.78, 5) is 4.81. The zero-order valence-corrected chi connectivity index (χ0v) is 18.9. The van der Waals surface area contributed by atoms with Crippen molar-refractivity contribution in [3.8, 4) is 0 Å². The van der Waals surface area contributed by atoms with Gasteiger partial charge < -0.3 is 9.64 Å². The highest BCUT2D eigenvalue weighted by atomic mass is 32.2. The summed E-state index contributed by atoms with van der Waals surface area (Å²) in [5, 5.41) is 6.84. The first-order valence-corrected chi connectivity index (χ1v) is 11.9. The summed E-state index contributed by atoms with van der Waals surface area (Å²) in [7, 11) is 0. The van der Waals surface area contributed by atoms with Crippen LogP contribution in [0.15, 0.2) is 118 Å². The fourth-order valence-electron chi connectivity index (χ4n) is 4.03. The van der Waals surface area contributed by atoms with Gasteiger partial charge in [-0.05, 0) is 54.1 Å². The van der Waals surface area contributed by atoms with Gasteiger partial charge in [0.05, 0.1) is 36.4 Å². The fraction of sp³-hybridized carbons (Fsp3) is 0.107. The van der Waals surface area contributed by atoms with E-state index in [9.17, 15) is 0 Å². The zero-order valence-electron chi connectivity index (χ0n) is 18.0. The lowest BCUT2D eigenvalue weighted by Crippen LogP contribution is -2.22. The quantitative estimate of drug-likeness (QED) is 0.161. The van der Waals surface area contributed by atoms with E-state index in [-0.39, 0.29) is 6.10 Å². The van der Waals surface area contributed by atoms with Gasteiger partial charge >= 0.3 is 0 Å². The molecule has 162 valence electrons. The fourth-order valence-corrected chi connectivity index (χ4v) is 5.14. The number of epoxide rings is 1. The Kier molecular flexibility index (Phi) is 5.34. The summed E-state index contributed by atoms with van der Waals surface area (Å²) in [5.41, 5.74) is 5.70. The standard InChI is InChI=1S/C28H23N3OS/c1-3-9-22(10-4-1)30(19-24-20-32-24)29-18-21-15-16-26-28(17-21)33-27-14-8-7-13-25(27)31(26)23-11-5-2-6-12-23/h1-18,24H,19-20H2/b29-18+. The Bertz CT molecular complexity index is 1290. The van der Waals surface area contributed by atoms with Crippen molar-refractivity contribution in [1.29, 1.82) is 0 Å². The first-order valence-electron chi connectivity index (χ1n) is 11.1. The number of rotatable bonds is 6. The van der Waals surface area contributed by atoms with E-state index < -0.39 is 0 Å². The van der Waals surface area contributed by atoms with Crippen LogP contribution in [0.2, 0.25) is 0 Å². The van der Waals surface area contributed by atoms with Crippen molar-refractivity contribution >= 4 is 40.7 Å². The zero-order chi connectivity index (χ0) is 22.0. The summed E-state index contributed by atoms with van der Waals surface area (Å²) in [6.07, 6.45) is 2.21. The summed E-state index contributed by atoms with van der Waals surface area (Å²) in [6.45, 7) is 1.57. The minimum atomic E-state index is 0.261. The number of nitrogens with zero attached hydrogens (tertiary/aromatic N) is 3. The van der Waals surface area contributed by atoms with Crippen LogP contribution in [0.25, 0.3) is 0 Å². The van der Waals surface area contributed by atoms with Crippen molar-refractivity contribution in [2.24, 2.45) is 5.10 Å². The van der Waals surface area contributed by atoms with Crippen LogP contribution in [0.4, 0.5) is 22.7 Å². The second-order valence-electron chi connectivity index (χ2n) is 8.09. The van der Waals surface area contributed by atoms with Gasteiger partial charge in [0.1, 0.15) is 6.10 Å². The van der Waals surface area contributed by atoms with Crippen LogP contribution in [0.1, 0.15) is 5.56 Å². The molecule has 2 heterocycles. The van der Waals surface area contributed by atoms with Gasteiger partial charge in [0.25, 0.3) is 0 Å². The predicted octanol–water partition coefficient (Wildman–Crippen LogP) is 6.86. The van der Waals surface area contributed by atoms with Crippen molar-refractivity contribution in [2.45, 2.75) is 15.9 Å².